The minimum atomic E-state index is -0.236. The smallest absolute Gasteiger partial charge is 0.137 e. The number of ether oxygens (including phenoxy) is 1. The molecule has 35 heavy (non-hydrogen) atoms. The summed E-state index contributed by atoms with van der Waals surface area (Å²) in [6.07, 6.45) is 0. The zero-order valence-electron chi connectivity index (χ0n) is 21.5. The second-order valence-electron chi connectivity index (χ2n) is 9.39. The van der Waals surface area contributed by atoms with E-state index in [1.807, 2.05) is 16.8 Å². The van der Waals surface area contributed by atoms with Crippen LogP contribution in [0.5, 0.6) is 0 Å². The average molecular weight is 480 g/mol. The topological polar surface area (TPSA) is 36.8 Å². The number of aryl methyl sites for hydroxylation is 2. The van der Waals surface area contributed by atoms with Crippen LogP contribution in [0, 0.1) is 19.7 Å². The maximum Gasteiger partial charge on any atom is 0.137 e. The van der Waals surface area contributed by atoms with Gasteiger partial charge < -0.3 is 14.5 Å². The van der Waals surface area contributed by atoms with Gasteiger partial charge in [0.2, 0.25) is 0 Å². The molecule has 1 saturated heterocycles. The molecule has 7 heteroatoms. The molecule has 1 aliphatic heterocycles. The number of nitrogens with zero attached hydrogens (tertiary/aromatic N) is 5. The molecule has 0 spiro atoms. The van der Waals surface area contributed by atoms with Crippen molar-refractivity contribution in [3.8, 4) is 5.69 Å². The van der Waals surface area contributed by atoms with E-state index in [1.54, 1.807) is 7.11 Å². The van der Waals surface area contributed by atoms with E-state index in [0.717, 1.165) is 69.6 Å². The van der Waals surface area contributed by atoms with Gasteiger partial charge in [-0.3, -0.25) is 4.90 Å². The Morgan fingerprint density at radius 1 is 1.00 bits per heavy atom. The number of likely N-dealkylation sites (N-methyl/N-ethyl adjacent to an activating group) is 1. The fraction of sp³-hybridized carbons (Fsp3) is 0.464. The third kappa shape index (κ3) is 6.28. The first-order chi connectivity index (χ1) is 17.0. The van der Waals surface area contributed by atoms with Crippen LogP contribution in [-0.4, -0.2) is 72.6 Å². The molecule has 0 radical (unpaired) electrons. The highest BCUT2D eigenvalue weighted by Gasteiger charge is 2.26. The van der Waals surface area contributed by atoms with Crippen molar-refractivity contribution in [2.75, 3.05) is 57.9 Å². The van der Waals surface area contributed by atoms with E-state index >= 15 is 0 Å². The number of anilines is 1. The average Bonchev–Trinajstić information content (AvgIpc) is 3.18. The number of hydrogen-bond acceptors (Lipinski definition) is 5. The highest BCUT2D eigenvalue weighted by Crippen LogP contribution is 2.30. The number of methoxy groups -OCH3 is 1. The molecule has 0 amide bonds. The molecule has 0 unspecified atom stereocenters. The lowest BCUT2D eigenvalue weighted by atomic mass is 10.1. The normalized spacial score (nSPS) is 14.7. The fourth-order valence-corrected chi connectivity index (χ4v) is 4.82. The van der Waals surface area contributed by atoms with Gasteiger partial charge in [0, 0.05) is 58.5 Å². The van der Waals surface area contributed by atoms with E-state index < -0.39 is 0 Å². The van der Waals surface area contributed by atoms with E-state index in [1.165, 1.54) is 28.8 Å². The molecule has 1 aromatic heterocycles. The predicted octanol–water partition coefficient (Wildman–Crippen LogP) is 4.42. The Bertz CT molecular complexity index is 1090. The number of halogens is 1. The quantitative estimate of drug-likeness (QED) is 0.430. The van der Waals surface area contributed by atoms with Crippen molar-refractivity contribution in [3.05, 3.63) is 76.7 Å². The molecular weight excluding hydrogens is 441 g/mol. The number of hydrogen-bond donors (Lipinski definition) is 0. The molecule has 4 rings (SSSR count). The Balaban J connectivity index is 1.69. The van der Waals surface area contributed by atoms with E-state index in [4.69, 9.17) is 9.84 Å². The maximum absolute atomic E-state index is 13.7. The predicted molar refractivity (Wildman–Crippen MR) is 140 cm³/mol. The van der Waals surface area contributed by atoms with Crippen molar-refractivity contribution in [1.29, 1.82) is 0 Å². The van der Waals surface area contributed by atoms with Crippen molar-refractivity contribution < 1.29 is 9.13 Å². The fourth-order valence-electron chi connectivity index (χ4n) is 4.82. The highest BCUT2D eigenvalue weighted by atomic mass is 19.1. The van der Waals surface area contributed by atoms with E-state index in [-0.39, 0.29) is 5.82 Å². The van der Waals surface area contributed by atoms with E-state index in [9.17, 15) is 4.39 Å². The molecule has 1 fully saturated rings. The molecule has 0 bridgehead atoms. The summed E-state index contributed by atoms with van der Waals surface area (Å²) in [7, 11) is 1.75. The summed E-state index contributed by atoms with van der Waals surface area (Å²) in [6, 6.07) is 15.3. The second kappa shape index (κ2) is 11.8. The summed E-state index contributed by atoms with van der Waals surface area (Å²) in [5, 5.41) is 4.96. The summed E-state index contributed by atoms with van der Waals surface area (Å²) < 4.78 is 21.1. The standard InChI is InChI=1S/C28H38FN5O/c1-5-31-13-15-33(16-14-31)28-27(23(3)30-34(28)26-11-9-25(29)10-12-26)21-32(17-18-35-4)20-24-8-6-7-22(2)19-24/h6-12,19H,5,13-18,20-21H2,1-4H3. The van der Waals surface area contributed by atoms with Gasteiger partial charge in [-0.15, -0.1) is 0 Å². The lowest BCUT2D eigenvalue weighted by Crippen LogP contribution is -2.47. The van der Waals surface area contributed by atoms with E-state index in [0.29, 0.717) is 6.61 Å². The third-order valence-corrected chi connectivity index (χ3v) is 6.83. The molecule has 6 nitrogen and oxygen atoms in total. The summed E-state index contributed by atoms with van der Waals surface area (Å²) in [4.78, 5) is 7.36. The molecule has 2 heterocycles. The second-order valence-corrected chi connectivity index (χ2v) is 9.39. The molecule has 0 atom stereocenters. The number of aromatic nitrogens is 2. The summed E-state index contributed by atoms with van der Waals surface area (Å²) >= 11 is 0. The van der Waals surface area contributed by atoms with Crippen LogP contribution in [0.4, 0.5) is 10.2 Å². The Hall–Kier alpha value is -2.74. The van der Waals surface area contributed by atoms with Crippen molar-refractivity contribution in [2.24, 2.45) is 0 Å². The van der Waals surface area contributed by atoms with Crippen LogP contribution < -0.4 is 4.90 Å². The molecule has 0 aliphatic carbocycles. The van der Waals surface area contributed by atoms with Crippen LogP contribution in [0.2, 0.25) is 0 Å². The Morgan fingerprint density at radius 3 is 2.40 bits per heavy atom. The molecular formula is C28H38FN5O. The first-order valence-electron chi connectivity index (χ1n) is 12.6. The van der Waals surface area contributed by atoms with Crippen LogP contribution in [0.3, 0.4) is 0 Å². The lowest BCUT2D eigenvalue weighted by Gasteiger charge is -2.36. The van der Waals surface area contributed by atoms with E-state index in [2.05, 4.69) is 59.7 Å². The van der Waals surface area contributed by atoms with Crippen molar-refractivity contribution >= 4 is 5.82 Å². The van der Waals surface area contributed by atoms with Crippen molar-refractivity contribution in [1.82, 2.24) is 19.6 Å². The van der Waals surface area contributed by atoms with Crippen molar-refractivity contribution in [3.63, 3.8) is 0 Å². The SMILES string of the molecule is CCN1CCN(c2c(CN(CCOC)Cc3cccc(C)c3)c(C)nn2-c2ccc(F)cc2)CC1. The van der Waals surface area contributed by atoms with Crippen LogP contribution in [0.1, 0.15) is 29.3 Å². The zero-order valence-corrected chi connectivity index (χ0v) is 21.5. The molecule has 0 saturated carbocycles. The van der Waals surface area contributed by atoms with Crippen LogP contribution >= 0.6 is 0 Å². The number of rotatable bonds is 10. The first kappa shape index (κ1) is 25.4. The lowest BCUT2D eigenvalue weighted by molar-refractivity contribution is 0.140. The minimum Gasteiger partial charge on any atom is -0.383 e. The van der Waals surface area contributed by atoms with Gasteiger partial charge in [-0.05, 0) is 50.2 Å². The van der Waals surface area contributed by atoms with Gasteiger partial charge in [0.05, 0.1) is 18.0 Å². The Morgan fingerprint density at radius 2 is 1.74 bits per heavy atom. The molecule has 0 N–H and O–H groups in total. The van der Waals surface area contributed by atoms with Gasteiger partial charge >= 0.3 is 0 Å². The summed E-state index contributed by atoms with van der Waals surface area (Å²) in [5.74, 6) is 0.886. The van der Waals surface area contributed by atoms with Gasteiger partial charge in [-0.1, -0.05) is 36.8 Å². The minimum absolute atomic E-state index is 0.236. The monoisotopic (exact) mass is 479 g/mol. The van der Waals surface area contributed by atoms with Crippen LogP contribution in [0.25, 0.3) is 5.69 Å². The number of benzene rings is 2. The van der Waals surface area contributed by atoms with Gasteiger partial charge in [-0.2, -0.15) is 5.10 Å². The summed E-state index contributed by atoms with van der Waals surface area (Å²) in [6.45, 7) is 14.6. The van der Waals surface area contributed by atoms with Crippen LogP contribution in [0.15, 0.2) is 48.5 Å². The molecule has 2 aromatic carbocycles. The highest BCUT2D eigenvalue weighted by molar-refractivity contribution is 5.56. The summed E-state index contributed by atoms with van der Waals surface area (Å²) in [5.41, 5.74) is 5.68. The maximum atomic E-state index is 13.7. The molecule has 188 valence electrons. The number of piperazine rings is 1. The molecule has 3 aromatic rings. The van der Waals surface area contributed by atoms with Crippen molar-refractivity contribution in [2.45, 2.75) is 33.9 Å². The zero-order chi connectivity index (χ0) is 24.8. The molecule has 1 aliphatic rings. The van der Waals surface area contributed by atoms with Gasteiger partial charge in [0.1, 0.15) is 11.6 Å². The van der Waals surface area contributed by atoms with Crippen LogP contribution in [-0.2, 0) is 17.8 Å². The third-order valence-electron chi connectivity index (χ3n) is 6.83. The first-order valence-corrected chi connectivity index (χ1v) is 12.6. The largest absolute Gasteiger partial charge is 0.383 e. The van der Waals surface area contributed by atoms with Gasteiger partial charge in [0.25, 0.3) is 0 Å². The Labute approximate surface area is 208 Å². The Kier molecular flexibility index (Phi) is 8.55. The van der Waals surface area contributed by atoms with Gasteiger partial charge in [0.15, 0.2) is 0 Å². The van der Waals surface area contributed by atoms with Gasteiger partial charge in [-0.25, -0.2) is 9.07 Å².